The van der Waals surface area contributed by atoms with Gasteiger partial charge in [-0.3, -0.25) is 0 Å². The van der Waals surface area contributed by atoms with Crippen molar-refractivity contribution in [2.75, 3.05) is 6.54 Å². The average molecular weight is 287 g/mol. The Morgan fingerprint density at radius 2 is 1.71 bits per heavy atom. The van der Waals surface area contributed by atoms with Crippen molar-refractivity contribution in [3.8, 4) is 0 Å². The minimum Gasteiger partial charge on any atom is -0.310 e. The summed E-state index contributed by atoms with van der Waals surface area (Å²) >= 11 is 0. The minimum atomic E-state index is 0.510. The lowest BCUT2D eigenvalue weighted by atomic mass is 9.83. The molecule has 0 saturated heterocycles. The standard InChI is InChI=1S/C20H33N/c1-4-15-21-20(16(3)5-2)19-13-11-18(12-14-19)17-9-7-6-8-10-17/h11-14,16-17,20-21H,4-10,15H2,1-3H3. The topological polar surface area (TPSA) is 12.0 Å². The van der Waals surface area contributed by atoms with Crippen LogP contribution in [0.3, 0.4) is 0 Å². The molecule has 1 aromatic rings. The largest absolute Gasteiger partial charge is 0.310 e. The lowest BCUT2D eigenvalue weighted by Crippen LogP contribution is -2.27. The van der Waals surface area contributed by atoms with Crippen LogP contribution in [0.2, 0.25) is 0 Å². The molecule has 1 nitrogen and oxygen atoms in total. The van der Waals surface area contributed by atoms with Crippen molar-refractivity contribution in [3.05, 3.63) is 35.4 Å². The van der Waals surface area contributed by atoms with E-state index < -0.39 is 0 Å². The molecule has 0 heterocycles. The fraction of sp³-hybridized carbons (Fsp3) is 0.700. The fourth-order valence-electron chi connectivity index (χ4n) is 3.59. The Morgan fingerprint density at radius 1 is 1.05 bits per heavy atom. The predicted octanol–water partition coefficient (Wildman–Crippen LogP) is 5.82. The van der Waals surface area contributed by atoms with E-state index in [1.54, 1.807) is 5.56 Å². The Bertz CT molecular complexity index is 389. The molecule has 0 amide bonds. The Hall–Kier alpha value is -0.820. The molecule has 1 aliphatic rings. The molecule has 1 aromatic carbocycles. The second kappa shape index (κ2) is 8.58. The summed E-state index contributed by atoms with van der Waals surface area (Å²) in [4.78, 5) is 0. The number of rotatable bonds is 7. The number of hydrogen-bond acceptors (Lipinski definition) is 1. The molecule has 0 aromatic heterocycles. The van der Waals surface area contributed by atoms with Crippen LogP contribution in [0.4, 0.5) is 0 Å². The molecule has 21 heavy (non-hydrogen) atoms. The zero-order chi connectivity index (χ0) is 15.1. The monoisotopic (exact) mass is 287 g/mol. The zero-order valence-electron chi connectivity index (χ0n) is 14.2. The van der Waals surface area contributed by atoms with Crippen LogP contribution < -0.4 is 5.32 Å². The van der Waals surface area contributed by atoms with Crippen LogP contribution in [-0.4, -0.2) is 6.54 Å². The van der Waals surface area contributed by atoms with Crippen LogP contribution in [0, 0.1) is 5.92 Å². The van der Waals surface area contributed by atoms with Gasteiger partial charge in [-0.15, -0.1) is 0 Å². The Balaban J connectivity index is 2.06. The van der Waals surface area contributed by atoms with Crippen molar-refractivity contribution < 1.29 is 0 Å². The lowest BCUT2D eigenvalue weighted by molar-refractivity contribution is 0.377. The third-order valence-corrected chi connectivity index (χ3v) is 5.20. The zero-order valence-corrected chi connectivity index (χ0v) is 14.2. The van der Waals surface area contributed by atoms with Crippen LogP contribution in [0.15, 0.2) is 24.3 Å². The average Bonchev–Trinajstić information content (AvgIpc) is 2.56. The summed E-state index contributed by atoms with van der Waals surface area (Å²) in [5, 5.41) is 3.74. The van der Waals surface area contributed by atoms with E-state index in [-0.39, 0.29) is 0 Å². The van der Waals surface area contributed by atoms with Crippen molar-refractivity contribution in [1.29, 1.82) is 0 Å². The fourth-order valence-corrected chi connectivity index (χ4v) is 3.59. The van der Waals surface area contributed by atoms with Crippen molar-refractivity contribution in [1.82, 2.24) is 5.32 Å². The maximum atomic E-state index is 3.74. The van der Waals surface area contributed by atoms with Gasteiger partial charge in [-0.2, -0.15) is 0 Å². The van der Waals surface area contributed by atoms with E-state index in [1.807, 2.05) is 0 Å². The first-order valence-corrected chi connectivity index (χ1v) is 9.09. The Kier molecular flexibility index (Phi) is 6.76. The van der Waals surface area contributed by atoms with E-state index in [4.69, 9.17) is 0 Å². The van der Waals surface area contributed by atoms with Crippen LogP contribution in [0.5, 0.6) is 0 Å². The molecule has 0 radical (unpaired) electrons. The van der Waals surface area contributed by atoms with Crippen molar-refractivity contribution in [3.63, 3.8) is 0 Å². The molecule has 1 fully saturated rings. The van der Waals surface area contributed by atoms with E-state index in [0.29, 0.717) is 12.0 Å². The Labute approximate surface area is 131 Å². The summed E-state index contributed by atoms with van der Waals surface area (Å²) in [6.07, 6.45) is 9.48. The molecule has 0 aliphatic heterocycles. The minimum absolute atomic E-state index is 0.510. The molecule has 118 valence electrons. The Morgan fingerprint density at radius 3 is 2.29 bits per heavy atom. The highest BCUT2D eigenvalue weighted by atomic mass is 14.9. The summed E-state index contributed by atoms with van der Waals surface area (Å²) in [6, 6.07) is 10.1. The van der Waals surface area contributed by atoms with Gasteiger partial charge in [-0.05, 0) is 48.8 Å². The van der Waals surface area contributed by atoms with Crippen LogP contribution in [-0.2, 0) is 0 Å². The van der Waals surface area contributed by atoms with E-state index >= 15 is 0 Å². The highest BCUT2D eigenvalue weighted by molar-refractivity contribution is 5.28. The molecule has 1 heteroatoms. The van der Waals surface area contributed by atoms with Gasteiger partial charge in [0.1, 0.15) is 0 Å². The summed E-state index contributed by atoms with van der Waals surface area (Å²) in [7, 11) is 0. The highest BCUT2D eigenvalue weighted by Gasteiger charge is 2.19. The van der Waals surface area contributed by atoms with Gasteiger partial charge in [0.05, 0.1) is 0 Å². The smallest absolute Gasteiger partial charge is 0.0345 e. The van der Waals surface area contributed by atoms with Gasteiger partial charge < -0.3 is 5.32 Å². The number of nitrogens with one attached hydrogen (secondary N) is 1. The maximum absolute atomic E-state index is 3.74. The molecule has 2 rings (SSSR count). The van der Waals surface area contributed by atoms with Crippen LogP contribution in [0.25, 0.3) is 0 Å². The molecular weight excluding hydrogens is 254 g/mol. The first-order chi connectivity index (χ1) is 10.3. The first kappa shape index (κ1) is 16.5. The number of hydrogen-bond donors (Lipinski definition) is 1. The van der Waals surface area contributed by atoms with Crippen molar-refractivity contribution in [2.24, 2.45) is 5.92 Å². The SMILES string of the molecule is CCCNC(c1ccc(C2CCCCC2)cc1)C(C)CC. The molecule has 1 N–H and O–H groups in total. The van der Waals surface area contributed by atoms with E-state index in [0.717, 1.165) is 12.5 Å². The molecule has 1 aliphatic carbocycles. The summed E-state index contributed by atoms with van der Waals surface area (Å²) < 4.78 is 0. The van der Waals surface area contributed by atoms with Gasteiger partial charge in [0.15, 0.2) is 0 Å². The third kappa shape index (κ3) is 4.57. The van der Waals surface area contributed by atoms with E-state index in [9.17, 15) is 0 Å². The van der Waals surface area contributed by atoms with E-state index in [1.165, 1.54) is 50.5 Å². The van der Waals surface area contributed by atoms with Gasteiger partial charge in [-0.25, -0.2) is 0 Å². The van der Waals surface area contributed by atoms with Gasteiger partial charge in [0.25, 0.3) is 0 Å². The third-order valence-electron chi connectivity index (χ3n) is 5.20. The second-order valence-corrected chi connectivity index (χ2v) is 6.82. The van der Waals surface area contributed by atoms with Crippen molar-refractivity contribution >= 4 is 0 Å². The first-order valence-electron chi connectivity index (χ1n) is 9.09. The molecule has 2 unspecified atom stereocenters. The molecule has 1 saturated carbocycles. The van der Waals surface area contributed by atoms with Crippen LogP contribution >= 0.6 is 0 Å². The van der Waals surface area contributed by atoms with E-state index in [2.05, 4.69) is 50.4 Å². The summed E-state index contributed by atoms with van der Waals surface area (Å²) in [5.74, 6) is 1.51. The molecule has 0 spiro atoms. The predicted molar refractivity (Wildman–Crippen MR) is 92.8 cm³/mol. The van der Waals surface area contributed by atoms with Gasteiger partial charge in [0.2, 0.25) is 0 Å². The van der Waals surface area contributed by atoms with Gasteiger partial charge in [0, 0.05) is 6.04 Å². The van der Waals surface area contributed by atoms with Crippen LogP contribution in [0.1, 0.15) is 88.8 Å². The summed E-state index contributed by atoms with van der Waals surface area (Å²) in [6.45, 7) is 8.01. The second-order valence-electron chi connectivity index (χ2n) is 6.82. The van der Waals surface area contributed by atoms with Gasteiger partial charge in [-0.1, -0.05) is 70.7 Å². The number of benzene rings is 1. The maximum Gasteiger partial charge on any atom is 0.0345 e. The molecule has 2 atom stereocenters. The molecule has 0 bridgehead atoms. The normalized spacial score (nSPS) is 19.4. The van der Waals surface area contributed by atoms with Gasteiger partial charge >= 0.3 is 0 Å². The quantitative estimate of drug-likeness (QED) is 0.666. The summed E-state index contributed by atoms with van der Waals surface area (Å²) in [5.41, 5.74) is 3.04. The molecular formula is C20H33N. The highest BCUT2D eigenvalue weighted by Crippen LogP contribution is 2.33. The van der Waals surface area contributed by atoms with Crippen molar-refractivity contribution in [2.45, 2.75) is 77.7 Å². The lowest BCUT2D eigenvalue weighted by Gasteiger charge is -2.26.